The fourth-order valence-corrected chi connectivity index (χ4v) is 5.25. The molecular weight excluding hydrogens is 464 g/mol. The molecule has 0 aliphatic heterocycles. The van der Waals surface area contributed by atoms with Crippen LogP contribution in [0.3, 0.4) is 0 Å². The van der Waals surface area contributed by atoms with Crippen molar-refractivity contribution < 1.29 is 26.3 Å². The molecule has 2 aliphatic carbocycles. The Morgan fingerprint density at radius 2 is 1.29 bits per heavy atom. The Labute approximate surface area is 203 Å². The van der Waals surface area contributed by atoms with Crippen LogP contribution in [0.5, 0.6) is 0 Å². The summed E-state index contributed by atoms with van der Waals surface area (Å²) in [5.41, 5.74) is -2.60. The second-order valence-electron chi connectivity index (χ2n) is 10.5. The van der Waals surface area contributed by atoms with E-state index in [1.165, 1.54) is 17.7 Å². The summed E-state index contributed by atoms with van der Waals surface area (Å²) in [7, 11) is 0. The van der Waals surface area contributed by atoms with Gasteiger partial charge in [0, 0.05) is 12.6 Å². The van der Waals surface area contributed by atoms with Gasteiger partial charge in [-0.3, -0.25) is 0 Å². The summed E-state index contributed by atoms with van der Waals surface area (Å²) in [5, 5.41) is 0. The van der Waals surface area contributed by atoms with Gasteiger partial charge >= 0.3 is 12.4 Å². The Hall–Kier alpha value is -2.02. The zero-order chi connectivity index (χ0) is 25.5. The molecule has 0 N–H and O–H groups in total. The summed E-state index contributed by atoms with van der Waals surface area (Å²) in [6, 6.07) is 14.9. The van der Waals surface area contributed by atoms with Gasteiger partial charge in [0.25, 0.3) is 0 Å². The van der Waals surface area contributed by atoms with Crippen LogP contribution in [0.15, 0.2) is 48.5 Å². The summed E-state index contributed by atoms with van der Waals surface area (Å²) < 4.78 is 83.5. The summed E-state index contributed by atoms with van der Waals surface area (Å²) in [4.78, 5) is 2.34. The zero-order valence-corrected chi connectivity index (χ0v) is 20.3. The first-order valence-electron chi connectivity index (χ1n) is 12.4. The van der Waals surface area contributed by atoms with Gasteiger partial charge in [0.15, 0.2) is 0 Å². The van der Waals surface area contributed by atoms with Gasteiger partial charge in [-0.25, -0.2) is 0 Å². The lowest BCUT2D eigenvalue weighted by atomic mass is 9.81. The molecule has 2 saturated carbocycles. The number of halogens is 6. The zero-order valence-electron chi connectivity index (χ0n) is 20.3. The first kappa shape index (κ1) is 26.1. The fraction of sp³-hybridized carbons (Fsp3) is 0.571. The molecule has 2 aliphatic rings. The molecule has 1 nitrogen and oxygen atoms in total. The molecule has 0 spiro atoms. The van der Waals surface area contributed by atoms with E-state index in [-0.39, 0.29) is 36.8 Å². The van der Waals surface area contributed by atoms with Crippen LogP contribution in [-0.4, -0.2) is 36.4 Å². The molecule has 0 atom stereocenters. The van der Waals surface area contributed by atoms with Gasteiger partial charge in [0.05, 0.1) is 10.8 Å². The van der Waals surface area contributed by atoms with Gasteiger partial charge in [-0.1, -0.05) is 48.5 Å². The van der Waals surface area contributed by atoms with Crippen LogP contribution < -0.4 is 0 Å². The van der Waals surface area contributed by atoms with E-state index in [1.807, 2.05) is 18.2 Å². The Balaban J connectivity index is 1.49. The number of nitrogens with zero attached hydrogens (tertiary/aromatic N) is 1. The minimum absolute atomic E-state index is 0.137. The van der Waals surface area contributed by atoms with Crippen molar-refractivity contribution in [3.8, 4) is 0 Å². The largest absolute Gasteiger partial charge is 0.398 e. The van der Waals surface area contributed by atoms with E-state index in [0.29, 0.717) is 18.0 Å². The summed E-state index contributed by atoms with van der Waals surface area (Å²) in [5.74, 6) is 0. The molecule has 2 aromatic carbocycles. The molecule has 0 aromatic heterocycles. The highest BCUT2D eigenvalue weighted by molar-refractivity contribution is 5.50. The second-order valence-corrected chi connectivity index (χ2v) is 10.5. The molecular formula is C28H33F6N. The van der Waals surface area contributed by atoms with Crippen molar-refractivity contribution in [2.75, 3.05) is 13.1 Å². The van der Waals surface area contributed by atoms with Crippen molar-refractivity contribution in [2.45, 2.75) is 88.0 Å². The molecule has 192 valence electrons. The Morgan fingerprint density at radius 3 is 1.80 bits per heavy atom. The van der Waals surface area contributed by atoms with E-state index >= 15 is 0 Å². The highest BCUT2D eigenvalue weighted by atomic mass is 19.4. The first-order valence-corrected chi connectivity index (χ1v) is 12.4. The number of rotatable bonds is 10. The standard InChI is InChI=1S/C28H33F6N/c1-20(2)35(18-12-21-7-4-3-5-8-21)17-6-9-22-10-11-23(25(13-14-25)27(29,30)31)24(19-22)26(15-16-26)28(32,33)34/h3-5,7-8,10-11,19-20H,6,9,12-18H2,1-2H3. The molecule has 0 amide bonds. The van der Waals surface area contributed by atoms with Crippen LogP contribution in [0, 0.1) is 0 Å². The predicted molar refractivity (Wildman–Crippen MR) is 126 cm³/mol. The Bertz CT molecular complexity index is 1000. The third-order valence-corrected chi connectivity index (χ3v) is 7.87. The highest BCUT2D eigenvalue weighted by Gasteiger charge is 2.70. The number of hydrogen-bond acceptors (Lipinski definition) is 1. The van der Waals surface area contributed by atoms with Crippen molar-refractivity contribution in [1.29, 1.82) is 0 Å². The summed E-state index contributed by atoms with van der Waals surface area (Å²) >= 11 is 0. The maximum atomic E-state index is 14.0. The first-order chi connectivity index (χ1) is 16.4. The molecule has 7 heteroatoms. The fourth-order valence-electron chi connectivity index (χ4n) is 5.25. The maximum Gasteiger partial charge on any atom is 0.398 e. The molecule has 0 saturated heterocycles. The molecule has 0 heterocycles. The third-order valence-electron chi connectivity index (χ3n) is 7.87. The lowest BCUT2D eigenvalue weighted by Gasteiger charge is -2.29. The van der Waals surface area contributed by atoms with Crippen LogP contribution >= 0.6 is 0 Å². The lowest BCUT2D eigenvalue weighted by Crippen LogP contribution is -2.35. The quantitative estimate of drug-likeness (QED) is 0.303. The predicted octanol–water partition coefficient (Wildman–Crippen LogP) is 7.76. The monoisotopic (exact) mass is 497 g/mol. The minimum Gasteiger partial charge on any atom is -0.301 e. The summed E-state index contributed by atoms with van der Waals surface area (Å²) in [6.07, 6.45) is -7.46. The highest BCUT2D eigenvalue weighted by Crippen LogP contribution is 2.66. The Morgan fingerprint density at radius 1 is 0.714 bits per heavy atom. The van der Waals surface area contributed by atoms with Gasteiger partial charge in [-0.2, -0.15) is 26.3 Å². The van der Waals surface area contributed by atoms with Crippen LogP contribution in [0.2, 0.25) is 0 Å². The van der Waals surface area contributed by atoms with Crippen molar-refractivity contribution in [1.82, 2.24) is 4.90 Å². The van der Waals surface area contributed by atoms with E-state index in [1.54, 1.807) is 6.07 Å². The van der Waals surface area contributed by atoms with Gasteiger partial charge in [0.2, 0.25) is 0 Å². The Kier molecular flexibility index (Phi) is 7.04. The van der Waals surface area contributed by atoms with Crippen molar-refractivity contribution in [3.05, 3.63) is 70.8 Å². The van der Waals surface area contributed by atoms with Gasteiger partial charge in [-0.05, 0) is 87.6 Å². The van der Waals surface area contributed by atoms with Crippen molar-refractivity contribution in [2.24, 2.45) is 0 Å². The average Bonchev–Trinajstić information content (AvgIpc) is 3.68. The normalized spacial score (nSPS) is 18.8. The van der Waals surface area contributed by atoms with Crippen LogP contribution in [-0.2, 0) is 23.7 Å². The molecule has 2 aromatic rings. The maximum absolute atomic E-state index is 14.0. The van der Waals surface area contributed by atoms with E-state index < -0.39 is 23.2 Å². The number of alkyl halides is 6. The number of aryl methyl sites for hydroxylation is 1. The number of benzene rings is 2. The van der Waals surface area contributed by atoms with Crippen molar-refractivity contribution in [3.63, 3.8) is 0 Å². The molecule has 0 bridgehead atoms. The molecule has 4 rings (SSSR count). The molecule has 0 radical (unpaired) electrons. The molecule has 0 unspecified atom stereocenters. The average molecular weight is 498 g/mol. The van der Waals surface area contributed by atoms with E-state index in [2.05, 4.69) is 30.9 Å². The summed E-state index contributed by atoms with van der Waals surface area (Å²) in [6.45, 7) is 5.88. The number of hydrogen-bond donors (Lipinski definition) is 0. The second kappa shape index (κ2) is 9.45. The minimum atomic E-state index is -4.55. The van der Waals surface area contributed by atoms with Crippen molar-refractivity contribution >= 4 is 0 Å². The SMILES string of the molecule is CC(C)N(CCCc1ccc(C2(C(F)(F)F)CC2)c(C2(C(F)(F)F)CC2)c1)CCc1ccccc1. The molecule has 35 heavy (non-hydrogen) atoms. The molecule has 2 fully saturated rings. The van der Waals surface area contributed by atoms with Crippen LogP contribution in [0.4, 0.5) is 26.3 Å². The van der Waals surface area contributed by atoms with Gasteiger partial charge < -0.3 is 4.90 Å². The topological polar surface area (TPSA) is 3.24 Å². The van der Waals surface area contributed by atoms with Crippen LogP contribution in [0.25, 0.3) is 0 Å². The van der Waals surface area contributed by atoms with Crippen LogP contribution in [0.1, 0.15) is 68.2 Å². The van der Waals surface area contributed by atoms with E-state index in [0.717, 1.165) is 25.9 Å². The van der Waals surface area contributed by atoms with Gasteiger partial charge in [0.1, 0.15) is 0 Å². The van der Waals surface area contributed by atoms with E-state index in [9.17, 15) is 26.3 Å². The van der Waals surface area contributed by atoms with E-state index in [4.69, 9.17) is 0 Å². The lowest BCUT2D eigenvalue weighted by molar-refractivity contribution is -0.167. The van der Waals surface area contributed by atoms with Gasteiger partial charge in [-0.15, -0.1) is 0 Å². The smallest absolute Gasteiger partial charge is 0.301 e. The third kappa shape index (κ3) is 5.25.